The Morgan fingerprint density at radius 2 is 1.73 bits per heavy atom. The average molecular weight is 487 g/mol. The monoisotopic (exact) mass is 486 g/mol. The van der Waals surface area contributed by atoms with Gasteiger partial charge in [-0.1, -0.05) is 80.3 Å². The van der Waals surface area contributed by atoms with Crippen LogP contribution in [0.3, 0.4) is 0 Å². The lowest BCUT2D eigenvalue weighted by Crippen LogP contribution is -2.52. The van der Waals surface area contributed by atoms with E-state index in [9.17, 15) is 9.59 Å². The normalized spacial score (nSPS) is 15.1. The van der Waals surface area contributed by atoms with Crippen LogP contribution in [0, 0.1) is 6.92 Å². The van der Waals surface area contributed by atoms with Crippen LogP contribution in [0.25, 0.3) is 0 Å². The molecule has 0 unspecified atom stereocenters. The van der Waals surface area contributed by atoms with E-state index in [0.717, 1.165) is 42.4 Å². The molecule has 2 amide bonds. The Labute approximate surface area is 207 Å². The summed E-state index contributed by atoms with van der Waals surface area (Å²) in [6.07, 6.45) is 6.21. The Morgan fingerprint density at radius 3 is 2.39 bits per heavy atom. The highest BCUT2D eigenvalue weighted by atomic mass is 35.5. The second kappa shape index (κ2) is 13.0. The molecule has 1 atom stereocenters. The first-order chi connectivity index (χ1) is 16.0. The summed E-state index contributed by atoms with van der Waals surface area (Å²) in [6, 6.07) is 15.5. The number of hydrogen-bond acceptors (Lipinski definition) is 3. The summed E-state index contributed by atoms with van der Waals surface area (Å²) in [4.78, 5) is 28.5. The van der Waals surface area contributed by atoms with Crippen molar-refractivity contribution in [3.05, 3.63) is 70.2 Å². The van der Waals surface area contributed by atoms with E-state index < -0.39 is 6.04 Å². The maximum atomic E-state index is 13.4. The van der Waals surface area contributed by atoms with E-state index in [1.807, 2.05) is 62.4 Å². The molecule has 0 aromatic heterocycles. The summed E-state index contributed by atoms with van der Waals surface area (Å²) >= 11 is 7.81. The number of benzene rings is 2. The van der Waals surface area contributed by atoms with E-state index >= 15 is 0 Å². The van der Waals surface area contributed by atoms with Crippen LogP contribution in [0.4, 0.5) is 0 Å². The fourth-order valence-electron chi connectivity index (χ4n) is 4.38. The number of rotatable bonds is 10. The number of hydrogen-bond donors (Lipinski definition) is 1. The van der Waals surface area contributed by atoms with Crippen molar-refractivity contribution in [2.75, 3.05) is 5.75 Å². The molecule has 2 aromatic carbocycles. The number of carbonyl (C=O) groups is 2. The molecule has 6 heteroatoms. The number of carbonyl (C=O) groups excluding carboxylic acids is 2. The Kier molecular flexibility index (Phi) is 10.1. The van der Waals surface area contributed by atoms with Gasteiger partial charge in [-0.05, 0) is 48.9 Å². The number of thioether (sulfide) groups is 1. The van der Waals surface area contributed by atoms with Crippen molar-refractivity contribution in [3.63, 3.8) is 0 Å². The number of aryl methyl sites for hydroxylation is 1. The third-order valence-electron chi connectivity index (χ3n) is 6.38. The number of amides is 2. The lowest BCUT2D eigenvalue weighted by molar-refractivity contribution is -0.139. The van der Waals surface area contributed by atoms with Crippen molar-refractivity contribution in [3.8, 4) is 0 Å². The predicted octanol–water partition coefficient (Wildman–Crippen LogP) is 6.14. The average Bonchev–Trinajstić information content (AvgIpc) is 2.82. The molecule has 0 spiro atoms. The Bertz CT molecular complexity index is 930. The lowest BCUT2D eigenvalue weighted by Gasteiger charge is -2.33. The van der Waals surface area contributed by atoms with E-state index in [1.165, 1.54) is 18.2 Å². The zero-order valence-electron chi connectivity index (χ0n) is 19.7. The molecule has 2 aromatic rings. The molecule has 1 aliphatic carbocycles. The van der Waals surface area contributed by atoms with Crippen LogP contribution in [-0.2, 0) is 21.9 Å². The van der Waals surface area contributed by atoms with E-state index in [0.29, 0.717) is 29.5 Å². The van der Waals surface area contributed by atoms with Gasteiger partial charge in [-0.25, -0.2) is 0 Å². The maximum Gasteiger partial charge on any atom is 0.243 e. The predicted molar refractivity (Wildman–Crippen MR) is 138 cm³/mol. The summed E-state index contributed by atoms with van der Waals surface area (Å²) in [5, 5.41) is 3.95. The topological polar surface area (TPSA) is 49.4 Å². The third-order valence-corrected chi connectivity index (χ3v) is 7.72. The van der Waals surface area contributed by atoms with Crippen LogP contribution in [0.15, 0.2) is 48.5 Å². The molecule has 0 aliphatic heterocycles. The second-order valence-corrected chi connectivity index (χ2v) is 10.2. The first-order valence-electron chi connectivity index (χ1n) is 11.9. The second-order valence-electron chi connectivity index (χ2n) is 8.80. The number of nitrogens with one attached hydrogen (secondary N) is 1. The van der Waals surface area contributed by atoms with Crippen LogP contribution < -0.4 is 5.32 Å². The largest absolute Gasteiger partial charge is 0.352 e. The Balaban J connectivity index is 1.72. The molecule has 178 valence electrons. The first-order valence-corrected chi connectivity index (χ1v) is 13.5. The van der Waals surface area contributed by atoms with Gasteiger partial charge in [-0.3, -0.25) is 9.59 Å². The summed E-state index contributed by atoms with van der Waals surface area (Å²) in [6.45, 7) is 4.47. The quantitative estimate of drug-likeness (QED) is 0.439. The molecule has 1 N–H and O–H groups in total. The van der Waals surface area contributed by atoms with Crippen molar-refractivity contribution in [1.29, 1.82) is 0 Å². The molecule has 0 saturated heterocycles. The molecule has 4 nitrogen and oxygen atoms in total. The first kappa shape index (κ1) is 25.6. The van der Waals surface area contributed by atoms with Crippen LogP contribution in [0.5, 0.6) is 0 Å². The molecular formula is C27H35ClN2O2S. The van der Waals surface area contributed by atoms with Crippen molar-refractivity contribution in [1.82, 2.24) is 10.2 Å². The molecule has 1 aliphatic rings. The van der Waals surface area contributed by atoms with Crippen molar-refractivity contribution >= 4 is 35.2 Å². The summed E-state index contributed by atoms with van der Waals surface area (Å²) in [5.74, 6) is 0.933. The number of halogens is 1. The zero-order chi connectivity index (χ0) is 23.6. The summed E-state index contributed by atoms with van der Waals surface area (Å²) < 4.78 is 0. The van der Waals surface area contributed by atoms with Crippen molar-refractivity contribution in [2.24, 2.45) is 0 Å². The highest BCUT2D eigenvalue weighted by Crippen LogP contribution is 2.23. The Hall–Kier alpha value is -1.98. The van der Waals surface area contributed by atoms with Gasteiger partial charge < -0.3 is 10.2 Å². The van der Waals surface area contributed by atoms with E-state index in [2.05, 4.69) is 5.32 Å². The molecule has 0 radical (unpaired) electrons. The minimum absolute atomic E-state index is 0.0130. The van der Waals surface area contributed by atoms with Gasteiger partial charge >= 0.3 is 0 Å². The zero-order valence-corrected chi connectivity index (χ0v) is 21.3. The van der Waals surface area contributed by atoms with Crippen molar-refractivity contribution in [2.45, 2.75) is 76.8 Å². The smallest absolute Gasteiger partial charge is 0.243 e. The molecule has 3 rings (SSSR count). The van der Waals surface area contributed by atoms with Gasteiger partial charge in [-0.15, -0.1) is 11.8 Å². The number of nitrogens with zero attached hydrogens (tertiary/aromatic N) is 1. The fourth-order valence-corrected chi connectivity index (χ4v) is 5.58. The Morgan fingerprint density at radius 1 is 1.06 bits per heavy atom. The van der Waals surface area contributed by atoms with Gasteiger partial charge in [0.25, 0.3) is 0 Å². The van der Waals surface area contributed by atoms with Crippen LogP contribution in [0.2, 0.25) is 5.02 Å². The van der Waals surface area contributed by atoms with Gasteiger partial charge in [-0.2, -0.15) is 0 Å². The van der Waals surface area contributed by atoms with Gasteiger partial charge in [0.15, 0.2) is 0 Å². The van der Waals surface area contributed by atoms with Gasteiger partial charge in [0.05, 0.1) is 5.75 Å². The van der Waals surface area contributed by atoms with Crippen LogP contribution in [0.1, 0.15) is 62.1 Å². The van der Waals surface area contributed by atoms with E-state index in [1.54, 1.807) is 4.90 Å². The summed E-state index contributed by atoms with van der Waals surface area (Å²) in [7, 11) is 0. The minimum Gasteiger partial charge on any atom is -0.352 e. The molecule has 0 bridgehead atoms. The highest BCUT2D eigenvalue weighted by Gasteiger charge is 2.30. The standard InChI is InChI=1S/C27H35ClN2O2S/c1-3-25(27(32)29-23-14-5-4-6-15-23)30(17-21-12-8-7-11-20(21)2)26(31)19-33-18-22-13-9-10-16-24(22)28/h7-13,16,23,25H,3-6,14-15,17-19H2,1-2H3,(H,29,32)/t25-/m1/s1. The minimum atomic E-state index is -0.472. The van der Waals surface area contributed by atoms with Crippen LogP contribution in [-0.4, -0.2) is 34.6 Å². The van der Waals surface area contributed by atoms with E-state index in [4.69, 9.17) is 11.6 Å². The van der Waals surface area contributed by atoms with Gasteiger partial charge in [0.2, 0.25) is 11.8 Å². The lowest BCUT2D eigenvalue weighted by atomic mass is 9.95. The fraction of sp³-hybridized carbons (Fsp3) is 0.481. The van der Waals surface area contributed by atoms with Gasteiger partial charge in [0, 0.05) is 23.4 Å². The van der Waals surface area contributed by atoms with Crippen LogP contribution >= 0.6 is 23.4 Å². The maximum absolute atomic E-state index is 13.4. The summed E-state index contributed by atoms with van der Waals surface area (Å²) in [5.41, 5.74) is 3.22. The SMILES string of the molecule is CC[C@H](C(=O)NC1CCCCC1)N(Cc1ccccc1C)C(=O)CSCc1ccccc1Cl. The molecule has 1 fully saturated rings. The molecule has 1 saturated carbocycles. The highest BCUT2D eigenvalue weighted by molar-refractivity contribution is 7.99. The van der Waals surface area contributed by atoms with E-state index in [-0.39, 0.29) is 17.9 Å². The van der Waals surface area contributed by atoms with Gasteiger partial charge in [0.1, 0.15) is 6.04 Å². The molecule has 0 heterocycles. The third kappa shape index (κ3) is 7.51. The molecular weight excluding hydrogens is 452 g/mol. The molecule has 33 heavy (non-hydrogen) atoms. The van der Waals surface area contributed by atoms with Crippen molar-refractivity contribution < 1.29 is 9.59 Å².